The van der Waals surface area contributed by atoms with Crippen molar-refractivity contribution in [2.75, 3.05) is 13.7 Å². The highest BCUT2D eigenvalue weighted by molar-refractivity contribution is 7.91. The lowest BCUT2D eigenvalue weighted by atomic mass is 10.0. The van der Waals surface area contributed by atoms with Gasteiger partial charge in [0.25, 0.3) is 0 Å². The summed E-state index contributed by atoms with van der Waals surface area (Å²) in [5.74, 6) is 0. The first-order valence-corrected chi connectivity index (χ1v) is 8.52. The molecule has 0 bridgehead atoms. The molecule has 0 fully saturated rings. The lowest BCUT2D eigenvalue weighted by Gasteiger charge is -2.18. The van der Waals surface area contributed by atoms with Gasteiger partial charge < -0.3 is 4.74 Å². The van der Waals surface area contributed by atoms with Gasteiger partial charge in [0.1, 0.15) is 4.21 Å². The van der Waals surface area contributed by atoms with Crippen molar-refractivity contribution in [3.05, 3.63) is 52.9 Å². The fourth-order valence-electron chi connectivity index (χ4n) is 1.94. The second-order valence-corrected chi connectivity index (χ2v) is 7.31. The molecule has 0 radical (unpaired) electrons. The Bertz CT molecular complexity index is 651. The molecule has 108 valence electrons. The van der Waals surface area contributed by atoms with E-state index in [1.807, 2.05) is 31.2 Å². The molecule has 0 saturated heterocycles. The van der Waals surface area contributed by atoms with Gasteiger partial charge >= 0.3 is 0 Å². The molecule has 1 heterocycles. The molecule has 1 N–H and O–H groups in total. The predicted octanol–water partition coefficient (Wildman–Crippen LogP) is 2.72. The molecule has 0 amide bonds. The molecule has 1 atom stereocenters. The Morgan fingerprint density at radius 2 is 2.00 bits per heavy atom. The summed E-state index contributed by atoms with van der Waals surface area (Å²) in [6, 6.07) is 11.1. The second-order valence-electron chi connectivity index (χ2n) is 4.36. The van der Waals surface area contributed by atoms with Crippen LogP contribution < -0.4 is 4.72 Å². The van der Waals surface area contributed by atoms with E-state index in [-0.39, 0.29) is 12.6 Å². The molecule has 0 spiro atoms. The molecule has 1 aromatic heterocycles. The lowest BCUT2D eigenvalue weighted by Crippen LogP contribution is -2.29. The van der Waals surface area contributed by atoms with Crippen LogP contribution in [0.15, 0.2) is 46.0 Å². The molecular formula is C14H17NO3S2. The second kappa shape index (κ2) is 6.49. The van der Waals surface area contributed by atoms with Crippen LogP contribution in [-0.2, 0) is 14.8 Å². The molecule has 1 unspecified atom stereocenters. The van der Waals surface area contributed by atoms with Crippen molar-refractivity contribution in [2.24, 2.45) is 0 Å². The number of hydrogen-bond donors (Lipinski definition) is 1. The summed E-state index contributed by atoms with van der Waals surface area (Å²) < 4.78 is 32.5. The van der Waals surface area contributed by atoms with Crippen molar-refractivity contribution >= 4 is 21.4 Å². The lowest BCUT2D eigenvalue weighted by molar-refractivity contribution is 0.107. The van der Waals surface area contributed by atoms with Gasteiger partial charge in [-0.3, -0.25) is 0 Å². The van der Waals surface area contributed by atoms with Gasteiger partial charge in [0.15, 0.2) is 0 Å². The first-order valence-electron chi connectivity index (χ1n) is 6.16. The first-order chi connectivity index (χ1) is 9.54. The quantitative estimate of drug-likeness (QED) is 0.892. The van der Waals surface area contributed by atoms with E-state index in [1.165, 1.54) is 11.3 Å². The molecule has 0 aliphatic rings. The summed E-state index contributed by atoms with van der Waals surface area (Å²) in [6.07, 6.45) is -0.300. The van der Waals surface area contributed by atoms with Crippen molar-refractivity contribution < 1.29 is 13.2 Å². The number of rotatable bonds is 6. The summed E-state index contributed by atoms with van der Waals surface area (Å²) in [7, 11) is -1.87. The van der Waals surface area contributed by atoms with Crippen molar-refractivity contribution in [1.82, 2.24) is 4.72 Å². The first kappa shape index (κ1) is 15.2. The van der Waals surface area contributed by atoms with E-state index in [4.69, 9.17) is 4.74 Å². The molecule has 6 heteroatoms. The van der Waals surface area contributed by atoms with Gasteiger partial charge in [-0.2, -0.15) is 0 Å². The third-order valence-electron chi connectivity index (χ3n) is 3.04. The number of hydrogen-bond acceptors (Lipinski definition) is 4. The topological polar surface area (TPSA) is 55.4 Å². The van der Waals surface area contributed by atoms with Crippen LogP contribution in [0.2, 0.25) is 0 Å². The number of ether oxygens (including phenoxy) is 1. The number of sulfonamides is 1. The zero-order chi connectivity index (χ0) is 14.6. The third kappa shape index (κ3) is 3.46. The monoisotopic (exact) mass is 311 g/mol. The van der Waals surface area contributed by atoms with Gasteiger partial charge in [0.05, 0.1) is 6.10 Å². The van der Waals surface area contributed by atoms with Crippen LogP contribution in [0.5, 0.6) is 0 Å². The van der Waals surface area contributed by atoms with Gasteiger partial charge in [0.2, 0.25) is 10.0 Å². The van der Waals surface area contributed by atoms with Crippen LogP contribution in [0.1, 0.15) is 17.2 Å². The molecule has 0 aliphatic heterocycles. The van der Waals surface area contributed by atoms with Gasteiger partial charge in [-0.15, -0.1) is 11.3 Å². The fourth-order valence-corrected chi connectivity index (χ4v) is 4.01. The zero-order valence-electron chi connectivity index (χ0n) is 11.4. The Kier molecular flexibility index (Phi) is 4.93. The molecule has 2 aromatic rings. The van der Waals surface area contributed by atoms with Crippen LogP contribution in [0, 0.1) is 6.92 Å². The number of nitrogens with one attached hydrogen (secondary N) is 1. The zero-order valence-corrected chi connectivity index (χ0v) is 13.0. The number of methoxy groups -OCH3 is 1. The molecule has 2 rings (SSSR count). The summed E-state index contributed by atoms with van der Waals surface area (Å²) in [5.41, 5.74) is 2.07. The number of benzene rings is 1. The minimum Gasteiger partial charge on any atom is -0.375 e. The average molecular weight is 311 g/mol. The maximum absolute atomic E-state index is 12.1. The minimum atomic E-state index is -3.45. The molecule has 20 heavy (non-hydrogen) atoms. The summed E-state index contributed by atoms with van der Waals surface area (Å²) in [6.45, 7) is 2.19. The molecular weight excluding hydrogens is 294 g/mol. The molecule has 1 aromatic carbocycles. The van der Waals surface area contributed by atoms with E-state index in [1.54, 1.807) is 24.6 Å². The van der Waals surface area contributed by atoms with Crippen molar-refractivity contribution in [3.8, 4) is 0 Å². The highest BCUT2D eigenvalue weighted by Gasteiger charge is 2.19. The maximum Gasteiger partial charge on any atom is 0.250 e. The Labute approximate surface area is 123 Å². The van der Waals surface area contributed by atoms with Crippen LogP contribution in [0.3, 0.4) is 0 Å². The minimum absolute atomic E-state index is 0.210. The maximum atomic E-state index is 12.1. The van der Waals surface area contributed by atoms with Gasteiger partial charge in [-0.25, -0.2) is 13.1 Å². The van der Waals surface area contributed by atoms with Crippen LogP contribution in [-0.4, -0.2) is 22.1 Å². The summed E-state index contributed by atoms with van der Waals surface area (Å²) in [5, 5.41) is 1.74. The number of thiophene rings is 1. The van der Waals surface area contributed by atoms with Crippen molar-refractivity contribution in [3.63, 3.8) is 0 Å². The van der Waals surface area contributed by atoms with Crippen LogP contribution >= 0.6 is 11.3 Å². The van der Waals surface area contributed by atoms with E-state index in [2.05, 4.69) is 4.72 Å². The number of aryl methyl sites for hydroxylation is 1. The van der Waals surface area contributed by atoms with E-state index >= 15 is 0 Å². The SMILES string of the molecule is COC(CNS(=O)(=O)c1cccs1)c1ccccc1C. The molecule has 0 saturated carbocycles. The van der Waals surface area contributed by atoms with E-state index < -0.39 is 10.0 Å². The summed E-state index contributed by atoms with van der Waals surface area (Å²) >= 11 is 1.20. The fraction of sp³-hybridized carbons (Fsp3) is 0.286. The molecule has 0 aliphatic carbocycles. The van der Waals surface area contributed by atoms with Crippen LogP contribution in [0.25, 0.3) is 0 Å². The van der Waals surface area contributed by atoms with Crippen molar-refractivity contribution in [2.45, 2.75) is 17.2 Å². The Morgan fingerprint density at radius 1 is 1.25 bits per heavy atom. The van der Waals surface area contributed by atoms with Gasteiger partial charge in [-0.1, -0.05) is 30.3 Å². The smallest absolute Gasteiger partial charge is 0.250 e. The summed E-state index contributed by atoms with van der Waals surface area (Å²) in [4.78, 5) is 0. The van der Waals surface area contributed by atoms with Gasteiger partial charge in [0, 0.05) is 13.7 Å². The van der Waals surface area contributed by atoms with Gasteiger partial charge in [-0.05, 0) is 29.5 Å². The Hall–Kier alpha value is -1.21. The predicted molar refractivity (Wildman–Crippen MR) is 80.4 cm³/mol. The van der Waals surface area contributed by atoms with E-state index in [9.17, 15) is 8.42 Å². The Balaban J connectivity index is 2.11. The van der Waals surface area contributed by atoms with Crippen molar-refractivity contribution in [1.29, 1.82) is 0 Å². The van der Waals surface area contributed by atoms with Crippen LogP contribution in [0.4, 0.5) is 0 Å². The average Bonchev–Trinajstić information content (AvgIpc) is 2.96. The Morgan fingerprint density at radius 3 is 2.60 bits per heavy atom. The van der Waals surface area contributed by atoms with E-state index in [0.717, 1.165) is 11.1 Å². The standard InChI is InChI=1S/C14H17NO3S2/c1-11-6-3-4-7-12(11)13(18-2)10-15-20(16,17)14-8-5-9-19-14/h3-9,13,15H,10H2,1-2H3. The highest BCUT2D eigenvalue weighted by Crippen LogP contribution is 2.21. The van der Waals surface area contributed by atoms with E-state index in [0.29, 0.717) is 4.21 Å². The third-order valence-corrected chi connectivity index (χ3v) is 5.86. The molecule has 4 nitrogen and oxygen atoms in total. The normalized spacial score (nSPS) is 13.3. The largest absolute Gasteiger partial charge is 0.375 e. The highest BCUT2D eigenvalue weighted by atomic mass is 32.2.